The molecule has 3 N–H and O–H groups in total. The van der Waals surface area contributed by atoms with Crippen molar-refractivity contribution in [2.45, 2.75) is 0 Å². The van der Waals surface area contributed by atoms with Crippen molar-refractivity contribution in [3.8, 4) is 0 Å². The van der Waals surface area contributed by atoms with Crippen LogP contribution in [0.2, 0.25) is 0 Å². The first-order valence-electron chi connectivity index (χ1n) is 7.10. The lowest BCUT2D eigenvalue weighted by Gasteiger charge is -1.93. The summed E-state index contributed by atoms with van der Waals surface area (Å²) in [5, 5.41) is 21.9. The zero-order chi connectivity index (χ0) is 15.5. The van der Waals surface area contributed by atoms with Crippen LogP contribution in [0.25, 0.3) is 35.2 Å². The van der Waals surface area contributed by atoms with Gasteiger partial charge in [0.15, 0.2) is 0 Å². The molecule has 0 bridgehead atoms. The fourth-order valence-corrected chi connectivity index (χ4v) is 2.42. The van der Waals surface area contributed by atoms with Crippen molar-refractivity contribution < 1.29 is 0 Å². The van der Waals surface area contributed by atoms with Gasteiger partial charge in [-0.05, 0) is 30.4 Å². The van der Waals surface area contributed by atoms with Gasteiger partial charge in [-0.1, -0.05) is 28.6 Å². The maximum absolute atomic E-state index is 3.97. The molecule has 0 amide bonds. The standard InChI is InChI=1S/C16H13N7/c1-2-4-15-13(3-1)14(7-5-11-9-17-22-20-11)16(19-15)8-6-12-10-18-23-21-12/h1-10,19H,(H,17,20,22)(H,18,21,23)/b7-5+,8-6+. The number of nitrogens with zero attached hydrogens (tertiary/aromatic N) is 4. The van der Waals surface area contributed by atoms with Gasteiger partial charge >= 0.3 is 0 Å². The maximum Gasteiger partial charge on any atom is 0.105 e. The van der Waals surface area contributed by atoms with E-state index in [2.05, 4.69) is 47.9 Å². The summed E-state index contributed by atoms with van der Waals surface area (Å²) in [5.41, 5.74) is 4.71. The Morgan fingerprint density at radius 2 is 1.48 bits per heavy atom. The zero-order valence-electron chi connectivity index (χ0n) is 12.1. The number of H-pyrrole nitrogens is 3. The second-order valence-corrected chi connectivity index (χ2v) is 4.96. The third kappa shape index (κ3) is 2.67. The second-order valence-electron chi connectivity index (χ2n) is 4.96. The molecule has 0 aliphatic carbocycles. The predicted molar refractivity (Wildman–Crippen MR) is 88.9 cm³/mol. The van der Waals surface area contributed by atoms with Crippen molar-refractivity contribution in [2.24, 2.45) is 0 Å². The minimum Gasteiger partial charge on any atom is -0.355 e. The highest BCUT2D eigenvalue weighted by Crippen LogP contribution is 2.25. The normalized spacial score (nSPS) is 12.0. The van der Waals surface area contributed by atoms with Gasteiger partial charge in [0, 0.05) is 34.6 Å². The number of benzene rings is 1. The molecule has 0 spiro atoms. The van der Waals surface area contributed by atoms with Crippen molar-refractivity contribution in [2.75, 3.05) is 0 Å². The van der Waals surface area contributed by atoms with E-state index < -0.39 is 0 Å². The SMILES string of the molecule is C(=C\c1[nH]c2ccccc2c1/C=C/c1c[nH]nn1)/c1c[nH]nn1. The fourth-order valence-electron chi connectivity index (χ4n) is 2.42. The summed E-state index contributed by atoms with van der Waals surface area (Å²) in [6.45, 7) is 0. The number of para-hydroxylation sites is 1. The topological polar surface area (TPSA) is 98.9 Å². The largest absolute Gasteiger partial charge is 0.355 e. The average Bonchev–Trinajstić information content (AvgIpc) is 3.31. The molecule has 0 saturated carbocycles. The van der Waals surface area contributed by atoms with E-state index in [-0.39, 0.29) is 0 Å². The highest BCUT2D eigenvalue weighted by atomic mass is 15.3. The van der Waals surface area contributed by atoms with Crippen LogP contribution >= 0.6 is 0 Å². The number of hydrogen-bond acceptors (Lipinski definition) is 4. The van der Waals surface area contributed by atoms with Crippen molar-refractivity contribution >= 4 is 35.2 Å². The number of aromatic nitrogens is 7. The van der Waals surface area contributed by atoms with Gasteiger partial charge in [0.05, 0.1) is 0 Å². The van der Waals surface area contributed by atoms with E-state index in [9.17, 15) is 0 Å². The Hall–Kier alpha value is -3.48. The molecule has 1 aromatic carbocycles. The Labute approximate surface area is 131 Å². The van der Waals surface area contributed by atoms with Crippen LogP contribution in [-0.2, 0) is 0 Å². The Morgan fingerprint density at radius 3 is 2.17 bits per heavy atom. The molecule has 0 atom stereocenters. The molecule has 3 aromatic heterocycles. The van der Waals surface area contributed by atoms with Crippen molar-refractivity contribution in [3.05, 3.63) is 59.3 Å². The minimum atomic E-state index is 0.773. The van der Waals surface area contributed by atoms with Gasteiger partial charge in [0.1, 0.15) is 11.4 Å². The molecule has 23 heavy (non-hydrogen) atoms. The van der Waals surface area contributed by atoms with E-state index in [1.807, 2.05) is 36.4 Å². The summed E-state index contributed by atoms with van der Waals surface area (Å²) < 4.78 is 0. The van der Waals surface area contributed by atoms with Crippen molar-refractivity contribution in [1.82, 2.24) is 35.8 Å². The van der Waals surface area contributed by atoms with Gasteiger partial charge in [-0.15, -0.1) is 10.2 Å². The molecule has 4 aromatic rings. The van der Waals surface area contributed by atoms with Gasteiger partial charge in [-0.2, -0.15) is 0 Å². The van der Waals surface area contributed by atoms with Gasteiger partial charge < -0.3 is 4.98 Å². The quantitative estimate of drug-likeness (QED) is 0.540. The number of fused-ring (bicyclic) bond motifs is 1. The lowest BCUT2D eigenvalue weighted by molar-refractivity contribution is 0.937. The zero-order valence-corrected chi connectivity index (χ0v) is 12.1. The van der Waals surface area contributed by atoms with Crippen molar-refractivity contribution in [3.63, 3.8) is 0 Å². The summed E-state index contributed by atoms with van der Waals surface area (Å²) in [4.78, 5) is 3.42. The molecular weight excluding hydrogens is 290 g/mol. The maximum atomic E-state index is 3.97. The fraction of sp³-hybridized carbons (Fsp3) is 0. The second kappa shape index (κ2) is 5.72. The summed E-state index contributed by atoms with van der Waals surface area (Å²) in [6.07, 6.45) is 11.3. The van der Waals surface area contributed by atoms with Gasteiger partial charge in [0.2, 0.25) is 0 Å². The molecule has 0 aliphatic rings. The van der Waals surface area contributed by atoms with Crippen LogP contribution in [0, 0.1) is 0 Å². The molecule has 0 radical (unpaired) electrons. The van der Waals surface area contributed by atoms with E-state index in [0.29, 0.717) is 0 Å². The molecule has 7 heteroatoms. The van der Waals surface area contributed by atoms with E-state index in [1.165, 1.54) is 0 Å². The average molecular weight is 303 g/mol. The van der Waals surface area contributed by atoms with E-state index in [1.54, 1.807) is 12.4 Å². The first-order valence-corrected chi connectivity index (χ1v) is 7.10. The Kier molecular flexibility index (Phi) is 3.28. The van der Waals surface area contributed by atoms with Crippen LogP contribution in [0.3, 0.4) is 0 Å². The third-order valence-electron chi connectivity index (χ3n) is 3.49. The van der Waals surface area contributed by atoms with E-state index in [4.69, 9.17) is 0 Å². The Balaban J connectivity index is 1.78. The predicted octanol–water partition coefficient (Wildman–Crippen LogP) is 2.74. The number of rotatable bonds is 4. The Morgan fingerprint density at radius 1 is 0.783 bits per heavy atom. The molecule has 7 nitrogen and oxygen atoms in total. The smallest absolute Gasteiger partial charge is 0.105 e. The molecule has 0 unspecified atom stereocenters. The van der Waals surface area contributed by atoms with Crippen molar-refractivity contribution in [1.29, 1.82) is 0 Å². The van der Waals surface area contributed by atoms with Gasteiger partial charge in [-0.3, -0.25) is 10.2 Å². The highest BCUT2D eigenvalue weighted by molar-refractivity contribution is 5.96. The molecule has 0 fully saturated rings. The van der Waals surface area contributed by atoms with Crippen LogP contribution in [-0.4, -0.2) is 35.8 Å². The van der Waals surface area contributed by atoms with Gasteiger partial charge in [0.25, 0.3) is 0 Å². The first kappa shape index (κ1) is 13.2. The minimum absolute atomic E-state index is 0.773. The number of aromatic amines is 3. The summed E-state index contributed by atoms with van der Waals surface area (Å²) >= 11 is 0. The first-order chi connectivity index (χ1) is 11.4. The van der Waals surface area contributed by atoms with E-state index >= 15 is 0 Å². The highest BCUT2D eigenvalue weighted by Gasteiger charge is 2.06. The summed E-state index contributed by atoms with van der Waals surface area (Å²) in [7, 11) is 0. The Bertz CT molecular complexity index is 959. The number of nitrogens with one attached hydrogen (secondary N) is 3. The third-order valence-corrected chi connectivity index (χ3v) is 3.49. The molecular formula is C16H13N7. The van der Waals surface area contributed by atoms with E-state index in [0.717, 1.165) is 33.5 Å². The van der Waals surface area contributed by atoms with Crippen LogP contribution in [0.1, 0.15) is 22.6 Å². The molecule has 0 aliphatic heterocycles. The van der Waals surface area contributed by atoms with Crippen LogP contribution < -0.4 is 0 Å². The van der Waals surface area contributed by atoms with Crippen LogP contribution in [0.4, 0.5) is 0 Å². The molecule has 3 heterocycles. The van der Waals surface area contributed by atoms with Crippen LogP contribution in [0.5, 0.6) is 0 Å². The van der Waals surface area contributed by atoms with Crippen LogP contribution in [0.15, 0.2) is 36.7 Å². The monoisotopic (exact) mass is 303 g/mol. The lowest BCUT2D eigenvalue weighted by Crippen LogP contribution is -1.78. The molecule has 4 rings (SSSR count). The number of hydrogen-bond donors (Lipinski definition) is 3. The summed E-state index contributed by atoms with van der Waals surface area (Å²) in [5.74, 6) is 0. The molecule has 112 valence electrons. The molecule has 0 saturated heterocycles. The van der Waals surface area contributed by atoms with Gasteiger partial charge in [-0.25, -0.2) is 0 Å². The lowest BCUT2D eigenvalue weighted by atomic mass is 10.1. The summed E-state index contributed by atoms with van der Waals surface area (Å²) in [6, 6.07) is 8.17.